The van der Waals surface area contributed by atoms with Crippen LogP contribution in [-0.4, -0.2) is 8.42 Å². The average molecular weight is 261 g/mol. The van der Waals surface area contributed by atoms with E-state index in [1.807, 2.05) is 0 Å². The molecular formula is C6H2Cl3O3S. The third-order valence-electron chi connectivity index (χ3n) is 1.27. The van der Waals surface area contributed by atoms with Crippen LogP contribution in [-0.2, 0) is 14.7 Å². The Bertz CT molecular complexity index is 441. The fraction of sp³-hybridized carbons (Fsp3) is 0. The van der Waals surface area contributed by atoms with E-state index < -0.39 is 15.0 Å². The van der Waals surface area contributed by atoms with Crippen LogP contribution >= 0.6 is 34.8 Å². The van der Waals surface area contributed by atoms with Crippen molar-refractivity contribution in [1.82, 2.24) is 0 Å². The molecule has 0 amide bonds. The number of hydrogen-bond donors (Lipinski definition) is 0. The van der Waals surface area contributed by atoms with Gasteiger partial charge in [0.25, 0.3) is 0 Å². The molecule has 0 saturated heterocycles. The van der Waals surface area contributed by atoms with Gasteiger partial charge in [0.05, 0.1) is 15.1 Å². The first-order valence-corrected chi connectivity index (χ1v) is 5.47. The molecule has 0 bridgehead atoms. The van der Waals surface area contributed by atoms with Gasteiger partial charge >= 0.3 is 10.1 Å². The van der Waals surface area contributed by atoms with Crippen LogP contribution in [0.3, 0.4) is 0 Å². The van der Waals surface area contributed by atoms with E-state index in [0.29, 0.717) is 0 Å². The Labute approximate surface area is 90.0 Å². The highest BCUT2D eigenvalue weighted by molar-refractivity contribution is 7.85. The summed E-state index contributed by atoms with van der Waals surface area (Å²) < 4.78 is 31.7. The molecule has 0 unspecified atom stereocenters. The zero-order valence-electron chi connectivity index (χ0n) is 5.92. The summed E-state index contributed by atoms with van der Waals surface area (Å²) in [5.41, 5.74) is 0. The van der Waals surface area contributed by atoms with Gasteiger partial charge in [0.15, 0.2) is 0 Å². The number of halogens is 3. The maximum atomic E-state index is 10.6. The minimum absolute atomic E-state index is 0.0964. The van der Waals surface area contributed by atoms with Crippen LogP contribution < -0.4 is 0 Å². The minimum atomic E-state index is -4.60. The monoisotopic (exact) mass is 259 g/mol. The van der Waals surface area contributed by atoms with Gasteiger partial charge in [-0.3, -0.25) is 0 Å². The molecule has 13 heavy (non-hydrogen) atoms. The molecule has 1 aromatic carbocycles. The van der Waals surface area contributed by atoms with E-state index in [0.717, 1.165) is 6.07 Å². The van der Waals surface area contributed by atoms with Gasteiger partial charge in [0.2, 0.25) is 0 Å². The second-order valence-corrected chi connectivity index (χ2v) is 4.64. The molecule has 1 radical (unpaired) electrons. The van der Waals surface area contributed by atoms with E-state index in [2.05, 4.69) is 0 Å². The predicted molar refractivity (Wildman–Crippen MR) is 49.3 cm³/mol. The molecule has 0 saturated carbocycles. The van der Waals surface area contributed by atoms with Crippen molar-refractivity contribution in [3.63, 3.8) is 0 Å². The Balaban J connectivity index is 3.53. The summed E-state index contributed by atoms with van der Waals surface area (Å²) in [7, 11) is -4.60. The van der Waals surface area contributed by atoms with Gasteiger partial charge in [-0.15, -0.1) is 0 Å². The Hall–Kier alpha value is -0.000000000000000167. The Morgan fingerprint density at radius 3 is 2.00 bits per heavy atom. The smallest absolute Gasteiger partial charge is 0.191 e. The summed E-state index contributed by atoms with van der Waals surface area (Å²) in [4.78, 5) is -0.566. The Kier molecular flexibility index (Phi) is 3.09. The molecule has 0 spiro atoms. The van der Waals surface area contributed by atoms with Crippen LogP contribution in [0, 0.1) is 0 Å². The normalized spacial score (nSPS) is 11.7. The van der Waals surface area contributed by atoms with Crippen molar-refractivity contribution in [3.8, 4) is 0 Å². The fourth-order valence-corrected chi connectivity index (χ4v) is 2.13. The van der Waals surface area contributed by atoms with Gasteiger partial charge in [0, 0.05) is 0 Å². The zero-order chi connectivity index (χ0) is 10.2. The van der Waals surface area contributed by atoms with Crippen molar-refractivity contribution in [2.75, 3.05) is 0 Å². The quantitative estimate of drug-likeness (QED) is 0.729. The second kappa shape index (κ2) is 3.63. The summed E-state index contributed by atoms with van der Waals surface area (Å²) in [6.07, 6.45) is 0. The topological polar surface area (TPSA) is 54.0 Å². The third-order valence-corrected chi connectivity index (χ3v) is 3.55. The van der Waals surface area contributed by atoms with Crippen LogP contribution in [0.1, 0.15) is 0 Å². The number of rotatable bonds is 1. The highest BCUT2D eigenvalue weighted by Gasteiger charge is 2.19. The molecule has 71 valence electrons. The van der Waals surface area contributed by atoms with Gasteiger partial charge < -0.3 is 0 Å². The summed E-state index contributed by atoms with van der Waals surface area (Å²) in [5.74, 6) is 0. The van der Waals surface area contributed by atoms with Crippen LogP contribution in [0.5, 0.6) is 0 Å². The van der Waals surface area contributed by atoms with Gasteiger partial charge in [-0.05, 0) is 12.1 Å². The summed E-state index contributed by atoms with van der Waals surface area (Å²) in [6, 6.07) is 2.21. The van der Waals surface area contributed by atoms with Gasteiger partial charge in [-0.2, -0.15) is 8.42 Å². The van der Waals surface area contributed by atoms with Crippen molar-refractivity contribution in [2.45, 2.75) is 4.90 Å². The van der Waals surface area contributed by atoms with E-state index in [4.69, 9.17) is 34.8 Å². The van der Waals surface area contributed by atoms with Crippen molar-refractivity contribution in [2.24, 2.45) is 0 Å². The molecule has 1 rings (SSSR count). The van der Waals surface area contributed by atoms with Crippen LogP contribution in [0.15, 0.2) is 17.0 Å². The molecular weight excluding hydrogens is 258 g/mol. The summed E-state index contributed by atoms with van der Waals surface area (Å²) in [5, 5.41) is -0.386. The molecule has 0 aliphatic heterocycles. The van der Waals surface area contributed by atoms with Gasteiger partial charge in [0.1, 0.15) is 4.90 Å². The van der Waals surface area contributed by atoms with E-state index in [-0.39, 0.29) is 15.1 Å². The summed E-state index contributed by atoms with van der Waals surface area (Å²) in [6.45, 7) is 0. The predicted octanol–water partition coefficient (Wildman–Crippen LogP) is 2.77. The maximum absolute atomic E-state index is 10.6. The number of benzene rings is 1. The van der Waals surface area contributed by atoms with E-state index in [9.17, 15) is 13.0 Å². The van der Waals surface area contributed by atoms with E-state index in [1.54, 1.807) is 0 Å². The third kappa shape index (κ3) is 2.27. The lowest BCUT2D eigenvalue weighted by Gasteiger charge is -2.02. The second-order valence-electron chi connectivity index (χ2n) is 2.13. The molecule has 0 heterocycles. The molecule has 7 heteroatoms. The van der Waals surface area contributed by atoms with Crippen LogP contribution in [0.25, 0.3) is 0 Å². The van der Waals surface area contributed by atoms with E-state index in [1.165, 1.54) is 6.07 Å². The zero-order valence-corrected chi connectivity index (χ0v) is 9.01. The maximum Gasteiger partial charge on any atom is 0.325 e. The van der Waals surface area contributed by atoms with Crippen molar-refractivity contribution in [3.05, 3.63) is 27.2 Å². The first kappa shape index (κ1) is 11.1. The standard InChI is InChI=1S/C6H2Cl3O3S/c7-3-1-2-4(13(10,11)12)6(9)5(3)8/h1-2H. The highest BCUT2D eigenvalue weighted by Crippen LogP contribution is 2.34. The molecule has 0 aliphatic carbocycles. The lowest BCUT2D eigenvalue weighted by atomic mass is 10.4. The molecule has 0 aliphatic rings. The summed E-state index contributed by atoms with van der Waals surface area (Å²) >= 11 is 16.5. The molecule has 3 nitrogen and oxygen atoms in total. The molecule has 0 atom stereocenters. The molecule has 0 fully saturated rings. The lowest BCUT2D eigenvalue weighted by Crippen LogP contribution is -1.97. The molecule has 0 aromatic heterocycles. The first-order chi connectivity index (χ1) is 5.84. The lowest BCUT2D eigenvalue weighted by molar-refractivity contribution is 0.414. The minimum Gasteiger partial charge on any atom is -0.191 e. The van der Waals surface area contributed by atoms with E-state index >= 15 is 0 Å². The fourth-order valence-electron chi connectivity index (χ4n) is 0.701. The Morgan fingerprint density at radius 2 is 1.54 bits per heavy atom. The largest absolute Gasteiger partial charge is 0.325 e. The molecule has 1 aromatic rings. The highest BCUT2D eigenvalue weighted by atomic mass is 35.5. The SMILES string of the molecule is [O]S(=O)(=O)c1ccc(Cl)c(Cl)c1Cl. The first-order valence-electron chi connectivity index (χ1n) is 2.93. The molecule has 0 N–H and O–H groups in total. The van der Waals surface area contributed by atoms with Gasteiger partial charge in [-0.1, -0.05) is 39.4 Å². The van der Waals surface area contributed by atoms with Crippen LogP contribution in [0.4, 0.5) is 0 Å². The van der Waals surface area contributed by atoms with Crippen LogP contribution in [0.2, 0.25) is 15.1 Å². The van der Waals surface area contributed by atoms with Crippen molar-refractivity contribution < 1.29 is 13.0 Å². The Morgan fingerprint density at radius 1 is 1.00 bits per heavy atom. The number of hydrogen-bond acceptors (Lipinski definition) is 2. The van der Waals surface area contributed by atoms with Crippen molar-refractivity contribution in [1.29, 1.82) is 0 Å². The average Bonchev–Trinajstić information content (AvgIpc) is 1.98. The van der Waals surface area contributed by atoms with Crippen molar-refractivity contribution >= 4 is 44.9 Å². The van der Waals surface area contributed by atoms with Gasteiger partial charge in [-0.25, -0.2) is 0 Å².